The number of primary amides is 1. The van der Waals surface area contributed by atoms with E-state index in [1.165, 1.54) is 16.7 Å². The first kappa shape index (κ1) is 16.1. The van der Waals surface area contributed by atoms with Gasteiger partial charge in [0, 0.05) is 5.69 Å². The number of fused-ring (bicyclic) bond motifs is 3. The van der Waals surface area contributed by atoms with E-state index in [2.05, 4.69) is 22.8 Å². The molecule has 2 aromatic rings. The van der Waals surface area contributed by atoms with E-state index in [4.69, 9.17) is 5.73 Å². The molecule has 1 atom stereocenters. The van der Waals surface area contributed by atoms with Crippen LogP contribution in [-0.4, -0.2) is 18.0 Å². The molecular formula is C19H21N3O2. The Balaban J connectivity index is 1.82. The number of carbonyl (C=O) groups excluding carboxylic acids is 2. The monoisotopic (exact) mass is 323 g/mol. The van der Waals surface area contributed by atoms with Crippen molar-refractivity contribution >= 4 is 17.6 Å². The van der Waals surface area contributed by atoms with Gasteiger partial charge in [0.2, 0.25) is 5.91 Å². The van der Waals surface area contributed by atoms with Gasteiger partial charge in [0.05, 0.1) is 0 Å². The van der Waals surface area contributed by atoms with Crippen LogP contribution in [-0.2, 0) is 11.2 Å². The molecule has 0 aliphatic heterocycles. The molecule has 5 nitrogen and oxygen atoms in total. The molecule has 0 aromatic heterocycles. The molecule has 3 amide bonds. The molecule has 3 rings (SSSR count). The minimum atomic E-state index is -0.702. The summed E-state index contributed by atoms with van der Waals surface area (Å²) in [4.78, 5) is 23.5. The third kappa shape index (κ3) is 3.11. The number of anilines is 1. The maximum absolute atomic E-state index is 12.5. The Kier molecular flexibility index (Phi) is 4.25. The highest BCUT2D eigenvalue weighted by Gasteiger charge is 2.24. The fourth-order valence-electron chi connectivity index (χ4n) is 3.11. The summed E-state index contributed by atoms with van der Waals surface area (Å²) >= 11 is 0. The van der Waals surface area contributed by atoms with E-state index >= 15 is 0 Å². The molecule has 5 heteroatoms. The summed E-state index contributed by atoms with van der Waals surface area (Å²) in [6.07, 6.45) is 0.914. The van der Waals surface area contributed by atoms with E-state index in [0.29, 0.717) is 5.69 Å². The third-order valence-electron chi connectivity index (χ3n) is 4.31. The molecule has 2 aromatic carbocycles. The first-order chi connectivity index (χ1) is 11.5. The zero-order chi connectivity index (χ0) is 17.3. The standard InChI is InChI=1S/C19H21N3O2/c1-11(2)17(22-19(20)24)18(23)21-14-8-7-13-9-12-5-3-4-6-15(12)16(13)10-14/h3-8,10-11,17H,9H2,1-2H3,(H,21,23)(H3,20,22,24)/t17-/m0/s1. The van der Waals surface area contributed by atoms with E-state index in [1.54, 1.807) is 0 Å². The molecule has 0 saturated heterocycles. The van der Waals surface area contributed by atoms with Crippen molar-refractivity contribution in [1.29, 1.82) is 0 Å². The van der Waals surface area contributed by atoms with Crippen LogP contribution in [0.15, 0.2) is 42.5 Å². The summed E-state index contributed by atoms with van der Waals surface area (Å²) < 4.78 is 0. The number of hydrogen-bond donors (Lipinski definition) is 3. The smallest absolute Gasteiger partial charge is 0.312 e. The van der Waals surface area contributed by atoms with Gasteiger partial charge in [0.1, 0.15) is 6.04 Å². The summed E-state index contributed by atoms with van der Waals surface area (Å²) in [6.45, 7) is 3.72. The van der Waals surface area contributed by atoms with Gasteiger partial charge in [-0.05, 0) is 46.7 Å². The highest BCUT2D eigenvalue weighted by molar-refractivity contribution is 5.97. The number of urea groups is 1. The molecule has 24 heavy (non-hydrogen) atoms. The second-order valence-electron chi connectivity index (χ2n) is 6.43. The van der Waals surface area contributed by atoms with Gasteiger partial charge in [-0.3, -0.25) is 4.79 Å². The molecule has 0 bridgehead atoms. The second kappa shape index (κ2) is 6.35. The third-order valence-corrected chi connectivity index (χ3v) is 4.31. The molecule has 0 heterocycles. The Morgan fingerprint density at radius 1 is 1.04 bits per heavy atom. The molecular weight excluding hydrogens is 302 g/mol. The molecule has 1 aliphatic carbocycles. The normalized spacial score (nSPS) is 13.1. The Morgan fingerprint density at radius 3 is 2.46 bits per heavy atom. The van der Waals surface area contributed by atoms with Crippen molar-refractivity contribution in [2.75, 3.05) is 5.32 Å². The van der Waals surface area contributed by atoms with Gasteiger partial charge in [-0.1, -0.05) is 44.2 Å². The highest BCUT2D eigenvalue weighted by Crippen LogP contribution is 2.37. The molecule has 0 saturated carbocycles. The zero-order valence-electron chi connectivity index (χ0n) is 13.8. The Hall–Kier alpha value is -2.82. The fourth-order valence-corrected chi connectivity index (χ4v) is 3.11. The van der Waals surface area contributed by atoms with E-state index in [0.717, 1.165) is 12.0 Å². The number of nitrogens with two attached hydrogens (primary N) is 1. The lowest BCUT2D eigenvalue weighted by Gasteiger charge is -2.20. The predicted molar refractivity (Wildman–Crippen MR) is 94.7 cm³/mol. The Bertz CT molecular complexity index is 799. The van der Waals surface area contributed by atoms with Gasteiger partial charge in [0.15, 0.2) is 0 Å². The van der Waals surface area contributed by atoms with Crippen molar-refractivity contribution < 1.29 is 9.59 Å². The molecule has 0 spiro atoms. The van der Waals surface area contributed by atoms with Crippen molar-refractivity contribution in [3.63, 3.8) is 0 Å². The summed E-state index contributed by atoms with van der Waals surface area (Å²) in [5.41, 5.74) is 10.8. The molecule has 0 radical (unpaired) electrons. The molecule has 4 N–H and O–H groups in total. The number of nitrogens with one attached hydrogen (secondary N) is 2. The van der Waals surface area contributed by atoms with Crippen molar-refractivity contribution in [3.05, 3.63) is 53.6 Å². The quantitative estimate of drug-likeness (QED) is 0.690. The topological polar surface area (TPSA) is 84.2 Å². The maximum atomic E-state index is 12.5. The predicted octanol–water partition coefficient (Wildman–Crippen LogP) is 2.89. The summed E-state index contributed by atoms with van der Waals surface area (Å²) in [7, 11) is 0. The van der Waals surface area contributed by atoms with Crippen LogP contribution < -0.4 is 16.4 Å². The summed E-state index contributed by atoms with van der Waals surface area (Å²) in [5.74, 6) is -0.331. The number of hydrogen-bond acceptors (Lipinski definition) is 2. The van der Waals surface area contributed by atoms with Crippen molar-refractivity contribution in [2.45, 2.75) is 26.3 Å². The van der Waals surface area contributed by atoms with Gasteiger partial charge in [-0.2, -0.15) is 0 Å². The average Bonchev–Trinajstić information content (AvgIpc) is 2.90. The zero-order valence-corrected chi connectivity index (χ0v) is 13.8. The van der Waals surface area contributed by atoms with Crippen LogP contribution in [0, 0.1) is 5.92 Å². The van der Waals surface area contributed by atoms with Gasteiger partial charge < -0.3 is 16.4 Å². The van der Waals surface area contributed by atoms with E-state index in [9.17, 15) is 9.59 Å². The Labute approximate surface area is 141 Å². The van der Waals surface area contributed by atoms with E-state index in [1.807, 2.05) is 44.2 Å². The number of carbonyl (C=O) groups is 2. The number of rotatable bonds is 4. The van der Waals surface area contributed by atoms with Crippen LogP contribution in [0.1, 0.15) is 25.0 Å². The lowest BCUT2D eigenvalue weighted by Crippen LogP contribution is -2.49. The first-order valence-corrected chi connectivity index (χ1v) is 8.03. The SMILES string of the molecule is CC(C)[C@H](NC(N)=O)C(=O)Nc1ccc2c(c1)-c1ccccc1C2. The molecule has 0 fully saturated rings. The number of amides is 3. The molecule has 0 unspecified atom stereocenters. The number of benzene rings is 2. The van der Waals surface area contributed by atoms with Gasteiger partial charge in [0.25, 0.3) is 0 Å². The van der Waals surface area contributed by atoms with Crippen molar-refractivity contribution in [2.24, 2.45) is 11.7 Å². The van der Waals surface area contributed by atoms with Crippen LogP contribution >= 0.6 is 0 Å². The highest BCUT2D eigenvalue weighted by atomic mass is 16.2. The van der Waals surface area contributed by atoms with Gasteiger partial charge in [-0.25, -0.2) is 4.79 Å². The van der Waals surface area contributed by atoms with Crippen LogP contribution in [0.3, 0.4) is 0 Å². The largest absolute Gasteiger partial charge is 0.352 e. The van der Waals surface area contributed by atoms with Crippen molar-refractivity contribution in [3.8, 4) is 11.1 Å². The van der Waals surface area contributed by atoms with Crippen molar-refractivity contribution in [1.82, 2.24) is 5.32 Å². The van der Waals surface area contributed by atoms with Crippen LogP contribution in [0.4, 0.5) is 10.5 Å². The summed E-state index contributed by atoms with van der Waals surface area (Å²) in [5, 5.41) is 5.37. The Morgan fingerprint density at radius 2 is 1.75 bits per heavy atom. The van der Waals surface area contributed by atoms with Crippen LogP contribution in [0.2, 0.25) is 0 Å². The average molecular weight is 323 g/mol. The van der Waals surface area contributed by atoms with Crippen LogP contribution in [0.5, 0.6) is 0 Å². The lowest BCUT2D eigenvalue weighted by molar-refractivity contribution is -0.118. The first-order valence-electron chi connectivity index (χ1n) is 8.03. The maximum Gasteiger partial charge on any atom is 0.312 e. The molecule has 124 valence electrons. The minimum Gasteiger partial charge on any atom is -0.352 e. The fraction of sp³-hybridized carbons (Fsp3) is 0.263. The minimum absolute atomic E-state index is 0.0624. The van der Waals surface area contributed by atoms with E-state index in [-0.39, 0.29) is 11.8 Å². The van der Waals surface area contributed by atoms with Gasteiger partial charge >= 0.3 is 6.03 Å². The molecule has 1 aliphatic rings. The summed E-state index contributed by atoms with van der Waals surface area (Å²) in [6, 6.07) is 12.8. The van der Waals surface area contributed by atoms with Crippen LogP contribution in [0.25, 0.3) is 11.1 Å². The second-order valence-corrected chi connectivity index (χ2v) is 6.43. The lowest BCUT2D eigenvalue weighted by atomic mass is 10.0. The van der Waals surface area contributed by atoms with Gasteiger partial charge in [-0.15, -0.1) is 0 Å². The van der Waals surface area contributed by atoms with E-state index < -0.39 is 12.1 Å².